The Hall–Kier alpha value is -2.38. The molecule has 1 aromatic heterocycles. The van der Waals surface area contributed by atoms with E-state index < -0.39 is 0 Å². The zero-order valence-corrected chi connectivity index (χ0v) is 18.3. The molecule has 1 amide bonds. The number of nitrogens with zero attached hydrogens (tertiary/aromatic N) is 3. The second-order valence-corrected chi connectivity index (χ2v) is 7.81. The molecule has 0 saturated carbocycles. The molecule has 2 aromatic rings. The van der Waals surface area contributed by atoms with Crippen molar-refractivity contribution in [3.8, 4) is 11.3 Å². The van der Waals surface area contributed by atoms with Crippen LogP contribution in [0.25, 0.3) is 11.3 Å². The van der Waals surface area contributed by atoms with Gasteiger partial charge in [0.2, 0.25) is 11.8 Å². The third kappa shape index (κ3) is 5.40. The Labute approximate surface area is 178 Å². The maximum absolute atomic E-state index is 12.8. The van der Waals surface area contributed by atoms with E-state index in [1.54, 1.807) is 14.2 Å². The Kier molecular flexibility index (Phi) is 8.28. The molecule has 0 aliphatic carbocycles. The quantitative estimate of drug-likeness (QED) is 0.551. The van der Waals surface area contributed by atoms with Gasteiger partial charge in [0.15, 0.2) is 0 Å². The molecule has 1 aromatic carbocycles. The predicted octanol–water partition coefficient (Wildman–Crippen LogP) is 3.73. The van der Waals surface area contributed by atoms with Crippen molar-refractivity contribution in [3.63, 3.8) is 0 Å². The highest BCUT2D eigenvalue weighted by Gasteiger charge is 2.29. The Bertz CT molecular complexity index is 793. The molecule has 1 fully saturated rings. The van der Waals surface area contributed by atoms with Crippen molar-refractivity contribution in [1.82, 2.24) is 10.1 Å². The molecular weight excluding hydrogens is 382 g/mol. The lowest BCUT2D eigenvalue weighted by molar-refractivity contribution is -0.135. The average Bonchev–Trinajstić information content (AvgIpc) is 3.17. The number of benzene rings is 1. The normalized spacial score (nSPS) is 16.6. The van der Waals surface area contributed by atoms with Gasteiger partial charge in [-0.3, -0.25) is 4.79 Å². The molecule has 1 saturated heterocycles. The SMILES string of the molecule is COCCCN(Cc1c(-c2ccccc2)noc1N1CCCC[C@@H]1C)C(=O)COC. The molecule has 0 radical (unpaired) electrons. The zero-order valence-electron chi connectivity index (χ0n) is 18.3. The lowest BCUT2D eigenvalue weighted by atomic mass is 10.0. The van der Waals surface area contributed by atoms with Gasteiger partial charge in [-0.05, 0) is 32.6 Å². The number of piperidine rings is 1. The van der Waals surface area contributed by atoms with E-state index >= 15 is 0 Å². The summed E-state index contributed by atoms with van der Waals surface area (Å²) >= 11 is 0. The molecule has 30 heavy (non-hydrogen) atoms. The number of methoxy groups -OCH3 is 2. The van der Waals surface area contributed by atoms with Gasteiger partial charge < -0.3 is 23.8 Å². The van der Waals surface area contributed by atoms with E-state index in [9.17, 15) is 4.79 Å². The van der Waals surface area contributed by atoms with E-state index in [0.29, 0.717) is 25.7 Å². The Morgan fingerprint density at radius 3 is 2.73 bits per heavy atom. The van der Waals surface area contributed by atoms with Crippen LogP contribution in [0.3, 0.4) is 0 Å². The fourth-order valence-electron chi connectivity index (χ4n) is 3.99. The van der Waals surface area contributed by atoms with Gasteiger partial charge in [0.25, 0.3) is 0 Å². The summed E-state index contributed by atoms with van der Waals surface area (Å²) in [5.41, 5.74) is 2.74. The third-order valence-corrected chi connectivity index (χ3v) is 5.62. The molecule has 2 heterocycles. The number of rotatable bonds is 10. The van der Waals surface area contributed by atoms with Crippen LogP contribution >= 0.6 is 0 Å². The van der Waals surface area contributed by atoms with Gasteiger partial charge in [0, 0.05) is 45.5 Å². The number of amides is 1. The van der Waals surface area contributed by atoms with E-state index in [0.717, 1.165) is 48.5 Å². The second kappa shape index (κ2) is 11.1. The van der Waals surface area contributed by atoms with E-state index in [1.807, 2.05) is 35.2 Å². The highest BCUT2D eigenvalue weighted by molar-refractivity contribution is 5.78. The number of hydrogen-bond acceptors (Lipinski definition) is 6. The fourth-order valence-corrected chi connectivity index (χ4v) is 3.99. The number of carbonyl (C=O) groups excluding carboxylic acids is 1. The Balaban J connectivity index is 1.95. The molecule has 0 unspecified atom stereocenters. The first-order chi connectivity index (χ1) is 14.7. The Morgan fingerprint density at radius 2 is 2.03 bits per heavy atom. The molecule has 1 atom stereocenters. The van der Waals surface area contributed by atoms with Gasteiger partial charge in [-0.1, -0.05) is 35.5 Å². The number of anilines is 1. The lowest BCUT2D eigenvalue weighted by Crippen LogP contribution is -2.39. The minimum atomic E-state index is -0.0496. The first-order valence-electron chi connectivity index (χ1n) is 10.7. The molecule has 0 spiro atoms. The minimum absolute atomic E-state index is 0.0496. The summed E-state index contributed by atoms with van der Waals surface area (Å²) in [4.78, 5) is 16.9. The average molecular weight is 416 g/mol. The first-order valence-corrected chi connectivity index (χ1v) is 10.7. The van der Waals surface area contributed by atoms with E-state index in [-0.39, 0.29) is 12.5 Å². The van der Waals surface area contributed by atoms with Crippen LogP contribution < -0.4 is 4.90 Å². The third-order valence-electron chi connectivity index (χ3n) is 5.62. The van der Waals surface area contributed by atoms with Gasteiger partial charge in [-0.15, -0.1) is 0 Å². The zero-order chi connectivity index (χ0) is 21.3. The van der Waals surface area contributed by atoms with Crippen LogP contribution in [-0.4, -0.2) is 62.5 Å². The van der Waals surface area contributed by atoms with Gasteiger partial charge in [0.05, 0.1) is 12.1 Å². The van der Waals surface area contributed by atoms with Crippen molar-refractivity contribution in [3.05, 3.63) is 35.9 Å². The summed E-state index contributed by atoms with van der Waals surface area (Å²) in [5.74, 6) is 0.731. The molecule has 7 nitrogen and oxygen atoms in total. The van der Waals surface area contributed by atoms with Crippen molar-refractivity contribution < 1.29 is 18.8 Å². The lowest BCUT2D eigenvalue weighted by Gasteiger charge is -2.34. The standard InChI is InChI=1S/C23H33N3O4/c1-18-10-7-8-14-26(18)23-20(22(24-30-23)19-11-5-4-6-12-19)16-25(13-9-15-28-2)21(27)17-29-3/h4-6,11-12,18H,7-10,13-17H2,1-3H3/t18-/m0/s1. The van der Waals surface area contributed by atoms with Gasteiger partial charge in [0.1, 0.15) is 12.3 Å². The first kappa shape index (κ1) is 22.3. The molecule has 164 valence electrons. The van der Waals surface area contributed by atoms with Crippen LogP contribution in [0.15, 0.2) is 34.9 Å². The molecule has 1 aliphatic heterocycles. The van der Waals surface area contributed by atoms with E-state index in [2.05, 4.69) is 17.0 Å². The van der Waals surface area contributed by atoms with Crippen LogP contribution in [0, 0.1) is 0 Å². The van der Waals surface area contributed by atoms with E-state index in [4.69, 9.17) is 14.0 Å². The van der Waals surface area contributed by atoms with Crippen molar-refractivity contribution in [1.29, 1.82) is 0 Å². The minimum Gasteiger partial charge on any atom is -0.385 e. The van der Waals surface area contributed by atoms with Crippen LogP contribution in [-0.2, 0) is 20.8 Å². The second-order valence-electron chi connectivity index (χ2n) is 7.81. The molecular formula is C23H33N3O4. The predicted molar refractivity (Wildman–Crippen MR) is 116 cm³/mol. The fraction of sp³-hybridized carbons (Fsp3) is 0.565. The van der Waals surface area contributed by atoms with Crippen molar-refractivity contribution >= 4 is 11.8 Å². The number of ether oxygens (including phenoxy) is 2. The van der Waals surface area contributed by atoms with Gasteiger partial charge in [-0.2, -0.15) is 0 Å². The summed E-state index contributed by atoms with van der Waals surface area (Å²) in [5, 5.41) is 4.44. The summed E-state index contributed by atoms with van der Waals surface area (Å²) < 4.78 is 16.2. The summed E-state index contributed by atoms with van der Waals surface area (Å²) in [6.45, 7) is 4.83. The van der Waals surface area contributed by atoms with Crippen LogP contribution in [0.5, 0.6) is 0 Å². The summed E-state index contributed by atoms with van der Waals surface area (Å²) in [6, 6.07) is 10.4. The van der Waals surface area contributed by atoms with Crippen LogP contribution in [0.4, 0.5) is 5.88 Å². The monoisotopic (exact) mass is 415 g/mol. The van der Waals surface area contributed by atoms with Crippen molar-refractivity contribution in [2.24, 2.45) is 0 Å². The molecule has 7 heteroatoms. The highest BCUT2D eigenvalue weighted by Crippen LogP contribution is 2.35. The maximum Gasteiger partial charge on any atom is 0.248 e. The highest BCUT2D eigenvalue weighted by atomic mass is 16.5. The molecule has 0 N–H and O–H groups in total. The van der Waals surface area contributed by atoms with Crippen LogP contribution in [0.2, 0.25) is 0 Å². The number of carbonyl (C=O) groups is 1. The molecule has 0 bridgehead atoms. The number of hydrogen-bond donors (Lipinski definition) is 0. The van der Waals surface area contributed by atoms with Crippen LogP contribution in [0.1, 0.15) is 38.2 Å². The van der Waals surface area contributed by atoms with Gasteiger partial charge >= 0.3 is 0 Å². The van der Waals surface area contributed by atoms with E-state index in [1.165, 1.54) is 6.42 Å². The topological polar surface area (TPSA) is 68.0 Å². The van der Waals surface area contributed by atoms with Gasteiger partial charge in [-0.25, -0.2) is 0 Å². The Morgan fingerprint density at radius 1 is 1.23 bits per heavy atom. The van der Waals surface area contributed by atoms with Crippen molar-refractivity contribution in [2.45, 2.75) is 45.2 Å². The molecule has 1 aliphatic rings. The molecule has 3 rings (SSSR count). The van der Waals surface area contributed by atoms with Crippen molar-refractivity contribution in [2.75, 3.05) is 45.4 Å². The smallest absolute Gasteiger partial charge is 0.248 e. The summed E-state index contributed by atoms with van der Waals surface area (Å²) in [7, 11) is 3.21. The maximum atomic E-state index is 12.8. The largest absolute Gasteiger partial charge is 0.385 e. The number of aromatic nitrogens is 1. The summed E-state index contributed by atoms with van der Waals surface area (Å²) in [6.07, 6.45) is 4.24.